The van der Waals surface area contributed by atoms with E-state index in [1.54, 1.807) is 0 Å². The number of hydrogen-bond donors (Lipinski definition) is 0. The Morgan fingerprint density at radius 1 is 1.12 bits per heavy atom. The number of ether oxygens (including phenoxy) is 6. The number of carbonyl (C=O) groups is 2. The van der Waals surface area contributed by atoms with Gasteiger partial charge >= 0.3 is 11.9 Å². The molecule has 0 aromatic heterocycles. The zero-order valence-corrected chi connectivity index (χ0v) is 14.9. The van der Waals surface area contributed by atoms with Crippen molar-refractivity contribution in [3.05, 3.63) is 12.7 Å². The van der Waals surface area contributed by atoms with Gasteiger partial charge in [0.2, 0.25) is 11.6 Å². The number of carbonyl (C=O) groups excluding carboxylic acids is 2. The number of terminal acetylenes is 1. The third kappa shape index (κ3) is 4.58. The van der Waals surface area contributed by atoms with E-state index in [4.69, 9.17) is 34.8 Å². The second-order valence-corrected chi connectivity index (χ2v) is 5.42. The molecule has 8 nitrogen and oxygen atoms in total. The fraction of sp³-hybridized carbons (Fsp3) is 0.647. The molecular weight excluding hydrogens is 332 g/mol. The molecule has 0 aromatic carbocycles. The average molecular weight is 356 g/mol. The molecule has 0 bridgehead atoms. The molecule has 1 fully saturated rings. The summed E-state index contributed by atoms with van der Waals surface area (Å²) in [5, 5.41) is 0. The molecule has 1 rings (SSSR count). The molecule has 1 aliphatic rings. The summed E-state index contributed by atoms with van der Waals surface area (Å²) in [6, 6.07) is 0. The molecule has 0 radical (unpaired) electrons. The summed E-state index contributed by atoms with van der Waals surface area (Å²) in [4.78, 5) is 24.6. The molecule has 0 N–H and O–H groups in total. The molecule has 0 spiro atoms. The predicted octanol–water partition coefficient (Wildman–Crippen LogP) is 0.791. The average Bonchev–Trinajstić information content (AvgIpc) is 2.61. The van der Waals surface area contributed by atoms with E-state index in [0.29, 0.717) is 0 Å². The van der Waals surface area contributed by atoms with E-state index < -0.39 is 35.7 Å². The molecule has 4 atom stereocenters. The van der Waals surface area contributed by atoms with Crippen molar-refractivity contribution >= 4 is 11.9 Å². The van der Waals surface area contributed by atoms with Crippen LogP contribution in [0.1, 0.15) is 20.3 Å². The van der Waals surface area contributed by atoms with Crippen molar-refractivity contribution in [3.63, 3.8) is 0 Å². The molecule has 0 amide bonds. The normalized spacial score (nSPS) is 31.6. The maximum Gasteiger partial charge on any atom is 0.339 e. The minimum Gasteiger partial charge on any atom is -0.463 e. The van der Waals surface area contributed by atoms with E-state index in [0.717, 1.165) is 0 Å². The summed E-state index contributed by atoms with van der Waals surface area (Å²) >= 11 is 0. The third-order valence-electron chi connectivity index (χ3n) is 3.88. The van der Waals surface area contributed by atoms with Crippen LogP contribution in [-0.2, 0) is 38.0 Å². The van der Waals surface area contributed by atoms with Crippen LogP contribution in [-0.4, -0.2) is 63.2 Å². The van der Waals surface area contributed by atoms with Crippen LogP contribution in [0.25, 0.3) is 0 Å². The maximum absolute atomic E-state index is 12.3. The minimum absolute atomic E-state index is 0.0190. The molecule has 1 heterocycles. The Bertz CT molecular complexity index is 539. The van der Waals surface area contributed by atoms with Crippen LogP contribution in [0.5, 0.6) is 0 Å². The highest BCUT2D eigenvalue weighted by Gasteiger charge is 2.60. The zero-order chi connectivity index (χ0) is 19.1. The lowest BCUT2D eigenvalue weighted by molar-refractivity contribution is -0.439. The second-order valence-electron chi connectivity index (χ2n) is 5.42. The van der Waals surface area contributed by atoms with Crippen LogP contribution < -0.4 is 0 Å². The molecule has 0 aromatic rings. The maximum atomic E-state index is 12.3. The number of esters is 2. The number of hydrogen-bond acceptors (Lipinski definition) is 8. The smallest absolute Gasteiger partial charge is 0.339 e. The van der Waals surface area contributed by atoms with E-state index in [1.165, 1.54) is 34.1 Å². The lowest BCUT2D eigenvalue weighted by Gasteiger charge is -2.50. The van der Waals surface area contributed by atoms with Crippen molar-refractivity contribution in [2.75, 3.05) is 27.4 Å². The predicted molar refractivity (Wildman–Crippen MR) is 86.1 cm³/mol. The molecule has 0 saturated carbocycles. The van der Waals surface area contributed by atoms with E-state index >= 15 is 0 Å². The topological polar surface area (TPSA) is 89.5 Å². The Morgan fingerprint density at radius 3 is 2.00 bits per heavy atom. The van der Waals surface area contributed by atoms with E-state index in [-0.39, 0.29) is 19.6 Å². The van der Waals surface area contributed by atoms with Crippen molar-refractivity contribution in [1.29, 1.82) is 0 Å². The van der Waals surface area contributed by atoms with Gasteiger partial charge in [0.05, 0.1) is 0 Å². The first kappa shape index (κ1) is 21.1. The van der Waals surface area contributed by atoms with Crippen molar-refractivity contribution in [2.24, 2.45) is 0 Å². The van der Waals surface area contributed by atoms with Gasteiger partial charge in [0.15, 0.2) is 12.2 Å². The van der Waals surface area contributed by atoms with Gasteiger partial charge in [-0.05, 0) is 13.8 Å². The summed E-state index contributed by atoms with van der Waals surface area (Å²) in [7, 11) is 2.72. The monoisotopic (exact) mass is 356 g/mol. The number of rotatable bonds is 8. The summed E-state index contributed by atoms with van der Waals surface area (Å²) in [5.41, 5.74) is 0. The van der Waals surface area contributed by atoms with Gasteiger partial charge in [0, 0.05) is 20.6 Å². The zero-order valence-electron chi connectivity index (χ0n) is 14.9. The summed E-state index contributed by atoms with van der Waals surface area (Å²) < 4.78 is 32.1. The fourth-order valence-corrected chi connectivity index (χ4v) is 2.15. The minimum atomic E-state index is -1.48. The fourth-order valence-electron chi connectivity index (χ4n) is 2.15. The lowest BCUT2D eigenvalue weighted by Crippen LogP contribution is -2.68. The quantitative estimate of drug-likeness (QED) is 0.273. The van der Waals surface area contributed by atoms with Crippen LogP contribution in [0.15, 0.2) is 12.7 Å². The van der Waals surface area contributed by atoms with E-state index in [1.807, 2.05) is 0 Å². The molecule has 8 heteroatoms. The number of methoxy groups -OCH3 is 2. The highest BCUT2D eigenvalue weighted by atomic mass is 16.8. The van der Waals surface area contributed by atoms with Gasteiger partial charge in [-0.15, -0.1) is 12.3 Å². The van der Waals surface area contributed by atoms with Gasteiger partial charge < -0.3 is 28.4 Å². The third-order valence-corrected chi connectivity index (χ3v) is 3.88. The Labute approximate surface area is 147 Å². The van der Waals surface area contributed by atoms with Crippen LogP contribution in [0, 0.1) is 12.3 Å². The molecule has 1 saturated heterocycles. The summed E-state index contributed by atoms with van der Waals surface area (Å²) in [5.74, 6) is -2.26. The molecule has 0 aliphatic carbocycles. The Hall–Kier alpha value is -1.92. The SMILES string of the molecule is C#CCCOC(=O)C1OC(C)(OC)C(C)(OC)OC1C(=O)OCC=C. The first-order valence-electron chi connectivity index (χ1n) is 7.62. The van der Waals surface area contributed by atoms with Gasteiger partial charge in [0.1, 0.15) is 13.2 Å². The van der Waals surface area contributed by atoms with Crippen LogP contribution in [0.2, 0.25) is 0 Å². The summed E-state index contributed by atoms with van der Waals surface area (Å²) in [6.07, 6.45) is 3.91. The first-order chi connectivity index (χ1) is 11.8. The molecule has 140 valence electrons. The Morgan fingerprint density at radius 2 is 1.60 bits per heavy atom. The highest BCUT2D eigenvalue weighted by molar-refractivity contribution is 5.86. The van der Waals surface area contributed by atoms with E-state index in [9.17, 15) is 9.59 Å². The van der Waals surface area contributed by atoms with Crippen molar-refractivity contribution < 1.29 is 38.0 Å². The van der Waals surface area contributed by atoms with Gasteiger partial charge in [-0.2, -0.15) is 0 Å². The van der Waals surface area contributed by atoms with Crippen LogP contribution in [0.3, 0.4) is 0 Å². The van der Waals surface area contributed by atoms with Gasteiger partial charge in [-0.25, -0.2) is 9.59 Å². The van der Waals surface area contributed by atoms with Crippen molar-refractivity contribution in [3.8, 4) is 12.3 Å². The summed E-state index contributed by atoms with van der Waals surface area (Å²) in [6.45, 7) is 6.42. The largest absolute Gasteiger partial charge is 0.463 e. The van der Waals surface area contributed by atoms with E-state index in [2.05, 4.69) is 12.5 Å². The van der Waals surface area contributed by atoms with Crippen LogP contribution >= 0.6 is 0 Å². The Kier molecular flexibility index (Phi) is 7.58. The highest BCUT2D eigenvalue weighted by Crippen LogP contribution is 2.39. The molecule has 4 unspecified atom stereocenters. The second kappa shape index (κ2) is 8.97. The first-order valence-corrected chi connectivity index (χ1v) is 7.62. The Balaban J connectivity index is 3.09. The van der Waals surface area contributed by atoms with Crippen molar-refractivity contribution in [1.82, 2.24) is 0 Å². The van der Waals surface area contributed by atoms with Crippen LogP contribution in [0.4, 0.5) is 0 Å². The molecular formula is C17H24O8. The van der Waals surface area contributed by atoms with Crippen molar-refractivity contribution in [2.45, 2.75) is 44.1 Å². The van der Waals surface area contributed by atoms with Gasteiger partial charge in [-0.3, -0.25) is 0 Å². The standard InChI is InChI=1S/C17H24O8/c1-7-9-11-23-15(19)13-12(14(18)22-10-8-2)24-16(3,20-5)17(4,21-6)25-13/h1,8,12-13H,2,9-11H2,3-6H3. The molecule has 1 aliphatic heterocycles. The molecule has 25 heavy (non-hydrogen) atoms. The van der Waals surface area contributed by atoms with Gasteiger partial charge in [-0.1, -0.05) is 12.7 Å². The lowest BCUT2D eigenvalue weighted by atomic mass is 10.0. The van der Waals surface area contributed by atoms with Gasteiger partial charge in [0.25, 0.3) is 0 Å².